The number of carbonyl (C=O) groups is 1. The maximum atomic E-state index is 13.9. The third kappa shape index (κ3) is 5.39. The highest BCUT2D eigenvalue weighted by atomic mass is 28.3. The van der Waals surface area contributed by atoms with E-state index < -0.39 is 14.2 Å². The standard InChI is InChI=1S/C36H41NO6Si/c1-23(2)44(24(3)4,25(5)6)15-14-27-12-13-32-35(43-22-40-32)30(27)19-37(36(38)39-20-26-10-8-7-9-11-26)31-16-28-17-33-34(18-29(28)31)42-21-41-33/h7-13,17-18,23-25,31H,16,19-22H2,1-6H3. The lowest BCUT2D eigenvalue weighted by molar-refractivity contribution is 0.0713. The molecule has 1 amide bonds. The maximum Gasteiger partial charge on any atom is 0.410 e. The van der Waals surface area contributed by atoms with Crippen LogP contribution >= 0.6 is 0 Å². The molecule has 0 N–H and O–H groups in total. The van der Waals surface area contributed by atoms with E-state index in [1.54, 1.807) is 4.90 Å². The number of fused-ring (bicyclic) bond motifs is 3. The quantitative estimate of drug-likeness (QED) is 0.189. The minimum absolute atomic E-state index is 0.135. The van der Waals surface area contributed by atoms with Gasteiger partial charge in [0.2, 0.25) is 13.6 Å². The topological polar surface area (TPSA) is 66.5 Å². The molecule has 0 fully saturated rings. The van der Waals surface area contributed by atoms with E-state index in [0.717, 1.165) is 33.6 Å². The first-order valence-corrected chi connectivity index (χ1v) is 17.8. The van der Waals surface area contributed by atoms with Crippen LogP contribution in [0.15, 0.2) is 54.6 Å². The van der Waals surface area contributed by atoms with Gasteiger partial charge < -0.3 is 23.7 Å². The van der Waals surface area contributed by atoms with Crippen molar-refractivity contribution in [3.05, 3.63) is 82.4 Å². The average molecular weight is 612 g/mol. The Morgan fingerprint density at radius 3 is 2.25 bits per heavy atom. The van der Waals surface area contributed by atoms with E-state index in [1.807, 2.05) is 54.6 Å². The summed E-state index contributed by atoms with van der Waals surface area (Å²) in [7, 11) is -2.01. The van der Waals surface area contributed by atoms with Crippen molar-refractivity contribution < 1.29 is 28.5 Å². The molecule has 0 saturated heterocycles. The van der Waals surface area contributed by atoms with Crippen LogP contribution in [0.25, 0.3) is 0 Å². The van der Waals surface area contributed by atoms with Crippen molar-refractivity contribution in [2.45, 2.75) is 83.8 Å². The van der Waals surface area contributed by atoms with Crippen LogP contribution in [0.5, 0.6) is 23.0 Å². The molecule has 3 aromatic carbocycles. The lowest BCUT2D eigenvalue weighted by Crippen LogP contribution is -2.43. The second-order valence-electron chi connectivity index (χ2n) is 12.8. The molecular formula is C36H41NO6Si. The molecule has 3 aromatic rings. The van der Waals surface area contributed by atoms with Gasteiger partial charge in [0.05, 0.1) is 12.6 Å². The fraction of sp³-hybridized carbons (Fsp3) is 0.417. The van der Waals surface area contributed by atoms with Gasteiger partial charge in [-0.3, -0.25) is 4.90 Å². The molecule has 0 saturated carbocycles. The van der Waals surface area contributed by atoms with Crippen molar-refractivity contribution in [3.63, 3.8) is 0 Å². The first-order chi connectivity index (χ1) is 21.2. The van der Waals surface area contributed by atoms with E-state index in [4.69, 9.17) is 23.7 Å². The second kappa shape index (κ2) is 12.1. The minimum Gasteiger partial charge on any atom is -0.454 e. The summed E-state index contributed by atoms with van der Waals surface area (Å²) in [4.78, 5) is 15.7. The molecule has 0 spiro atoms. The number of hydrogen-bond donors (Lipinski definition) is 0. The van der Waals surface area contributed by atoms with Crippen molar-refractivity contribution >= 4 is 14.2 Å². The van der Waals surface area contributed by atoms with Gasteiger partial charge in [-0.05, 0) is 64.0 Å². The molecule has 2 heterocycles. The zero-order valence-corrected chi connectivity index (χ0v) is 27.4. The van der Waals surface area contributed by atoms with Crippen LogP contribution < -0.4 is 18.9 Å². The number of carbonyl (C=O) groups excluding carboxylic acids is 1. The summed E-state index contributed by atoms with van der Waals surface area (Å²) in [6, 6.07) is 17.5. The van der Waals surface area contributed by atoms with Crippen LogP contribution in [0.1, 0.15) is 75.4 Å². The normalized spacial score (nSPS) is 16.0. The third-order valence-corrected chi connectivity index (χ3v) is 15.8. The fourth-order valence-electron chi connectivity index (χ4n) is 7.14. The number of amides is 1. The number of benzene rings is 3. The van der Waals surface area contributed by atoms with Crippen LogP contribution in [0, 0.1) is 11.5 Å². The fourth-order valence-corrected chi connectivity index (χ4v) is 12.4. The Labute approximate surface area is 261 Å². The van der Waals surface area contributed by atoms with Gasteiger partial charge in [0.1, 0.15) is 14.7 Å². The molecule has 1 aliphatic carbocycles. The molecule has 0 radical (unpaired) electrons. The highest BCUT2D eigenvalue weighted by molar-refractivity contribution is 6.90. The maximum absolute atomic E-state index is 13.9. The molecule has 230 valence electrons. The minimum atomic E-state index is -2.01. The van der Waals surface area contributed by atoms with Gasteiger partial charge in [-0.2, -0.15) is 0 Å². The highest BCUT2D eigenvalue weighted by Gasteiger charge is 2.42. The largest absolute Gasteiger partial charge is 0.454 e. The van der Waals surface area contributed by atoms with Crippen molar-refractivity contribution in [1.82, 2.24) is 4.90 Å². The number of rotatable bonds is 8. The van der Waals surface area contributed by atoms with Crippen molar-refractivity contribution in [2.75, 3.05) is 13.6 Å². The van der Waals surface area contributed by atoms with Crippen LogP contribution in [0.3, 0.4) is 0 Å². The summed E-state index contributed by atoms with van der Waals surface area (Å²) >= 11 is 0. The molecular weight excluding hydrogens is 570 g/mol. The molecule has 0 aromatic heterocycles. The second-order valence-corrected chi connectivity index (χ2v) is 18.3. The molecule has 1 atom stereocenters. The molecule has 1 unspecified atom stereocenters. The van der Waals surface area contributed by atoms with Gasteiger partial charge in [0.25, 0.3) is 0 Å². The Kier molecular flexibility index (Phi) is 8.25. The van der Waals surface area contributed by atoms with Crippen molar-refractivity contribution in [1.29, 1.82) is 0 Å². The first-order valence-electron chi connectivity index (χ1n) is 15.5. The molecule has 3 aliphatic rings. The Hall–Kier alpha value is -4.09. The van der Waals surface area contributed by atoms with Gasteiger partial charge in [-0.15, -0.1) is 5.54 Å². The Balaban J connectivity index is 1.39. The summed E-state index contributed by atoms with van der Waals surface area (Å²) in [5.41, 5.74) is 10.2. The smallest absolute Gasteiger partial charge is 0.410 e. The molecule has 44 heavy (non-hydrogen) atoms. The van der Waals surface area contributed by atoms with Gasteiger partial charge in [-0.1, -0.05) is 77.8 Å². The number of ether oxygens (including phenoxy) is 5. The van der Waals surface area contributed by atoms with E-state index in [9.17, 15) is 4.79 Å². The van der Waals surface area contributed by atoms with Crippen molar-refractivity contribution in [3.8, 4) is 34.5 Å². The lowest BCUT2D eigenvalue weighted by atomic mass is 9.81. The van der Waals surface area contributed by atoms with Gasteiger partial charge >= 0.3 is 6.09 Å². The molecule has 2 aliphatic heterocycles. The molecule has 8 heteroatoms. The predicted molar refractivity (Wildman–Crippen MR) is 172 cm³/mol. The summed E-state index contributed by atoms with van der Waals surface area (Å²) < 4.78 is 29.0. The number of hydrogen-bond acceptors (Lipinski definition) is 6. The molecule has 6 rings (SSSR count). The summed E-state index contributed by atoms with van der Waals surface area (Å²) in [5, 5.41) is 0. The lowest BCUT2D eigenvalue weighted by Gasteiger charge is -2.39. The zero-order valence-electron chi connectivity index (χ0n) is 26.4. The monoisotopic (exact) mass is 611 g/mol. The number of nitrogens with zero attached hydrogens (tertiary/aromatic N) is 1. The van der Waals surface area contributed by atoms with E-state index in [2.05, 4.69) is 53.0 Å². The molecule has 0 bridgehead atoms. The van der Waals surface area contributed by atoms with E-state index >= 15 is 0 Å². The summed E-state index contributed by atoms with van der Waals surface area (Å²) in [6.45, 7) is 14.7. The van der Waals surface area contributed by atoms with Gasteiger partial charge in [0, 0.05) is 11.1 Å². The Bertz CT molecular complexity index is 1580. The van der Waals surface area contributed by atoms with Crippen LogP contribution in [0.2, 0.25) is 16.6 Å². The van der Waals surface area contributed by atoms with Crippen LogP contribution in [0.4, 0.5) is 4.79 Å². The van der Waals surface area contributed by atoms with E-state index in [0.29, 0.717) is 40.3 Å². The van der Waals surface area contributed by atoms with E-state index in [-0.39, 0.29) is 32.8 Å². The highest BCUT2D eigenvalue weighted by Crippen LogP contribution is 2.48. The van der Waals surface area contributed by atoms with E-state index in [1.165, 1.54) is 0 Å². The SMILES string of the molecule is CC(C)[Si](C#Cc1ccc2c(c1CN(C(=O)OCc1ccccc1)C1Cc3cc4c(cc31)OCO4)OCO2)(C(C)C)C(C)C. The predicted octanol–water partition coefficient (Wildman–Crippen LogP) is 8.15. The van der Waals surface area contributed by atoms with Crippen molar-refractivity contribution in [2.24, 2.45) is 0 Å². The zero-order chi connectivity index (χ0) is 31.0. The van der Waals surface area contributed by atoms with Gasteiger partial charge in [0.15, 0.2) is 23.0 Å². The van der Waals surface area contributed by atoms with Gasteiger partial charge in [-0.25, -0.2) is 4.79 Å². The first kappa shape index (κ1) is 30.0. The average Bonchev–Trinajstić information content (AvgIpc) is 3.66. The Morgan fingerprint density at radius 2 is 1.55 bits per heavy atom. The van der Waals surface area contributed by atoms with Crippen LogP contribution in [-0.2, 0) is 24.3 Å². The van der Waals surface area contributed by atoms with Crippen LogP contribution in [-0.4, -0.2) is 32.7 Å². The Morgan fingerprint density at radius 1 is 0.886 bits per heavy atom. The third-order valence-electron chi connectivity index (χ3n) is 9.47. The summed E-state index contributed by atoms with van der Waals surface area (Å²) in [5.74, 6) is 6.38. The molecule has 7 nitrogen and oxygen atoms in total. The summed E-state index contributed by atoms with van der Waals surface area (Å²) in [6.07, 6.45) is 0.289.